The number of ether oxygens (including phenoxy) is 3. The summed E-state index contributed by atoms with van der Waals surface area (Å²) in [4.78, 5) is 32.1. The molecule has 0 spiro atoms. The van der Waals surface area contributed by atoms with Crippen molar-refractivity contribution >= 4 is 17.9 Å². The molecular formula is C15H26O6. The van der Waals surface area contributed by atoms with Gasteiger partial charge >= 0.3 is 17.9 Å². The van der Waals surface area contributed by atoms with Crippen LogP contribution in [-0.2, 0) is 28.6 Å². The van der Waals surface area contributed by atoms with E-state index < -0.39 is 0 Å². The fourth-order valence-electron chi connectivity index (χ4n) is 1.92. The molecule has 0 amide bonds. The van der Waals surface area contributed by atoms with E-state index in [0.29, 0.717) is 25.7 Å². The van der Waals surface area contributed by atoms with Crippen molar-refractivity contribution in [3.63, 3.8) is 0 Å². The molecule has 0 rings (SSSR count). The minimum Gasteiger partial charge on any atom is -0.466 e. The van der Waals surface area contributed by atoms with E-state index in [-0.39, 0.29) is 17.9 Å². The van der Waals surface area contributed by atoms with Gasteiger partial charge in [-0.25, -0.2) is 0 Å². The summed E-state index contributed by atoms with van der Waals surface area (Å²) in [7, 11) is 0. The Morgan fingerprint density at radius 1 is 0.667 bits per heavy atom. The Morgan fingerprint density at radius 2 is 1.10 bits per heavy atom. The van der Waals surface area contributed by atoms with Crippen LogP contribution in [0.3, 0.4) is 0 Å². The van der Waals surface area contributed by atoms with E-state index in [0.717, 1.165) is 32.1 Å². The molecule has 122 valence electrons. The molecule has 0 aromatic heterocycles. The average Bonchev–Trinajstić information content (AvgIpc) is 2.36. The van der Waals surface area contributed by atoms with Crippen molar-refractivity contribution < 1.29 is 28.6 Å². The topological polar surface area (TPSA) is 78.9 Å². The highest BCUT2D eigenvalue weighted by molar-refractivity contribution is 5.66. The zero-order valence-electron chi connectivity index (χ0n) is 13.2. The monoisotopic (exact) mass is 302 g/mol. The second-order valence-electron chi connectivity index (χ2n) is 4.96. The molecular weight excluding hydrogens is 276 g/mol. The number of carbonyl (C=O) groups is 3. The van der Waals surface area contributed by atoms with Gasteiger partial charge in [0, 0.05) is 20.8 Å². The number of carbonyl (C=O) groups excluding carboxylic acids is 3. The highest BCUT2D eigenvalue weighted by Crippen LogP contribution is 2.17. The van der Waals surface area contributed by atoms with Gasteiger partial charge in [-0.1, -0.05) is 6.42 Å². The second kappa shape index (κ2) is 12.2. The van der Waals surface area contributed by atoms with Crippen LogP contribution in [0.1, 0.15) is 52.9 Å². The van der Waals surface area contributed by atoms with Crippen LogP contribution in [0.2, 0.25) is 0 Å². The molecule has 0 aliphatic carbocycles. The van der Waals surface area contributed by atoms with Gasteiger partial charge in [-0.15, -0.1) is 0 Å². The quantitative estimate of drug-likeness (QED) is 0.331. The Kier molecular flexibility index (Phi) is 11.3. The van der Waals surface area contributed by atoms with Gasteiger partial charge in [-0.2, -0.15) is 0 Å². The Balaban J connectivity index is 3.90. The number of unbranched alkanes of at least 4 members (excludes halogenated alkanes) is 1. The zero-order chi connectivity index (χ0) is 16.1. The molecule has 0 heterocycles. The van der Waals surface area contributed by atoms with Crippen molar-refractivity contribution in [2.24, 2.45) is 5.92 Å². The summed E-state index contributed by atoms with van der Waals surface area (Å²) in [5.74, 6) is -0.524. The first-order valence-electron chi connectivity index (χ1n) is 7.32. The lowest BCUT2D eigenvalue weighted by Crippen LogP contribution is -2.12. The fourth-order valence-corrected chi connectivity index (χ4v) is 1.92. The molecule has 0 aromatic rings. The van der Waals surface area contributed by atoms with Crippen LogP contribution in [0.15, 0.2) is 0 Å². The van der Waals surface area contributed by atoms with Crippen LogP contribution in [0.4, 0.5) is 0 Å². The third-order valence-corrected chi connectivity index (χ3v) is 2.97. The van der Waals surface area contributed by atoms with Gasteiger partial charge in [0.25, 0.3) is 0 Å². The summed E-state index contributed by atoms with van der Waals surface area (Å²) >= 11 is 0. The van der Waals surface area contributed by atoms with Crippen LogP contribution in [0, 0.1) is 5.92 Å². The Hall–Kier alpha value is -1.59. The molecule has 6 nitrogen and oxygen atoms in total. The lowest BCUT2D eigenvalue weighted by atomic mass is 9.95. The maximum Gasteiger partial charge on any atom is 0.302 e. The summed E-state index contributed by atoms with van der Waals surface area (Å²) in [6.45, 7) is 5.34. The smallest absolute Gasteiger partial charge is 0.302 e. The first-order valence-corrected chi connectivity index (χ1v) is 7.32. The number of hydrogen-bond donors (Lipinski definition) is 0. The van der Waals surface area contributed by atoms with Crippen molar-refractivity contribution in [1.29, 1.82) is 0 Å². The van der Waals surface area contributed by atoms with E-state index in [4.69, 9.17) is 14.2 Å². The molecule has 0 bridgehead atoms. The van der Waals surface area contributed by atoms with E-state index >= 15 is 0 Å². The second-order valence-corrected chi connectivity index (χ2v) is 4.96. The molecule has 0 saturated heterocycles. The lowest BCUT2D eigenvalue weighted by molar-refractivity contribution is -0.142. The first kappa shape index (κ1) is 19.4. The highest BCUT2D eigenvalue weighted by atomic mass is 16.5. The predicted molar refractivity (Wildman–Crippen MR) is 76.5 cm³/mol. The first-order chi connectivity index (χ1) is 9.91. The summed E-state index contributed by atoms with van der Waals surface area (Å²) in [5, 5.41) is 0. The van der Waals surface area contributed by atoms with Crippen molar-refractivity contribution in [2.45, 2.75) is 52.9 Å². The summed E-state index contributed by atoms with van der Waals surface area (Å²) < 4.78 is 14.8. The van der Waals surface area contributed by atoms with Gasteiger partial charge in [0.05, 0.1) is 19.8 Å². The number of rotatable bonds is 11. The summed E-state index contributed by atoms with van der Waals surface area (Å²) in [5.41, 5.74) is 0. The molecule has 0 radical (unpaired) electrons. The molecule has 0 aliphatic rings. The van der Waals surface area contributed by atoms with Crippen molar-refractivity contribution in [2.75, 3.05) is 19.8 Å². The zero-order valence-corrected chi connectivity index (χ0v) is 13.2. The molecule has 0 atom stereocenters. The average molecular weight is 302 g/mol. The Morgan fingerprint density at radius 3 is 1.52 bits per heavy atom. The lowest BCUT2D eigenvalue weighted by Gasteiger charge is -2.16. The van der Waals surface area contributed by atoms with E-state index in [1.54, 1.807) is 0 Å². The van der Waals surface area contributed by atoms with Crippen LogP contribution in [0.5, 0.6) is 0 Å². The molecule has 0 aliphatic heterocycles. The van der Waals surface area contributed by atoms with Crippen LogP contribution in [-0.4, -0.2) is 37.7 Å². The molecule has 0 fully saturated rings. The summed E-state index contributed by atoms with van der Waals surface area (Å²) in [6.07, 6.45) is 4.13. The standard InChI is InChI=1S/C15H26O6/c1-12(16)19-9-5-4-6-15(7-10-20-13(2)17)8-11-21-14(3)18/h15H,4-11H2,1-3H3. The minimum atomic E-state index is -0.288. The maximum atomic E-state index is 10.8. The molecule has 0 saturated carbocycles. The van der Waals surface area contributed by atoms with Crippen molar-refractivity contribution in [1.82, 2.24) is 0 Å². The molecule has 0 unspecified atom stereocenters. The van der Waals surface area contributed by atoms with Gasteiger partial charge in [-0.3, -0.25) is 14.4 Å². The van der Waals surface area contributed by atoms with Crippen LogP contribution in [0.25, 0.3) is 0 Å². The Bertz CT molecular complexity index is 306. The SMILES string of the molecule is CC(=O)OCCCCC(CCOC(C)=O)CCOC(C)=O. The fraction of sp³-hybridized carbons (Fsp3) is 0.800. The maximum absolute atomic E-state index is 10.8. The molecule has 6 heteroatoms. The van der Waals surface area contributed by atoms with Crippen LogP contribution >= 0.6 is 0 Å². The van der Waals surface area contributed by atoms with E-state index in [2.05, 4.69) is 0 Å². The highest BCUT2D eigenvalue weighted by Gasteiger charge is 2.10. The van der Waals surface area contributed by atoms with Gasteiger partial charge < -0.3 is 14.2 Å². The van der Waals surface area contributed by atoms with Gasteiger partial charge in [0.1, 0.15) is 0 Å². The largest absolute Gasteiger partial charge is 0.466 e. The van der Waals surface area contributed by atoms with E-state index in [1.165, 1.54) is 20.8 Å². The summed E-state index contributed by atoms with van der Waals surface area (Å²) in [6, 6.07) is 0. The van der Waals surface area contributed by atoms with Gasteiger partial charge in [0.2, 0.25) is 0 Å². The predicted octanol–water partition coefficient (Wildman–Crippen LogP) is 2.24. The third-order valence-electron chi connectivity index (χ3n) is 2.97. The molecule has 0 N–H and O–H groups in total. The molecule has 21 heavy (non-hydrogen) atoms. The van der Waals surface area contributed by atoms with Crippen LogP contribution < -0.4 is 0 Å². The van der Waals surface area contributed by atoms with E-state index in [9.17, 15) is 14.4 Å². The van der Waals surface area contributed by atoms with Crippen molar-refractivity contribution in [3.05, 3.63) is 0 Å². The van der Waals surface area contributed by atoms with Crippen molar-refractivity contribution in [3.8, 4) is 0 Å². The third kappa shape index (κ3) is 14.6. The van der Waals surface area contributed by atoms with E-state index in [1.807, 2.05) is 0 Å². The Labute approximate surface area is 126 Å². The number of esters is 3. The number of hydrogen-bond acceptors (Lipinski definition) is 6. The minimum absolute atomic E-state index is 0.267. The van der Waals surface area contributed by atoms with Gasteiger partial charge in [0.15, 0.2) is 0 Å². The van der Waals surface area contributed by atoms with Gasteiger partial charge in [-0.05, 0) is 31.6 Å². The molecule has 0 aromatic carbocycles. The normalized spacial score (nSPS) is 10.3.